The summed E-state index contributed by atoms with van der Waals surface area (Å²) in [6.45, 7) is 3.39. The van der Waals surface area contributed by atoms with Gasteiger partial charge in [-0.2, -0.15) is 0 Å². The Morgan fingerprint density at radius 1 is 1.28 bits per heavy atom. The summed E-state index contributed by atoms with van der Waals surface area (Å²) in [6.07, 6.45) is 4.49. The van der Waals surface area contributed by atoms with E-state index in [1.54, 1.807) is 24.5 Å². The second kappa shape index (κ2) is 10.6. The van der Waals surface area contributed by atoms with Crippen molar-refractivity contribution in [2.45, 2.75) is 12.8 Å². The van der Waals surface area contributed by atoms with E-state index in [0.29, 0.717) is 30.7 Å². The first-order valence-corrected chi connectivity index (χ1v) is 11.3. The lowest BCUT2D eigenvalue weighted by molar-refractivity contribution is -0.137. The van der Waals surface area contributed by atoms with Crippen molar-refractivity contribution >= 4 is 28.3 Å². The molecule has 4 rings (SSSR count). The molecule has 0 amide bonds. The second-order valence-electron chi connectivity index (χ2n) is 7.80. The summed E-state index contributed by atoms with van der Waals surface area (Å²) in [4.78, 5) is 22.8. The maximum atomic E-state index is 13.1. The van der Waals surface area contributed by atoms with Gasteiger partial charge in [0.1, 0.15) is 11.6 Å². The van der Waals surface area contributed by atoms with E-state index in [4.69, 9.17) is 9.84 Å². The van der Waals surface area contributed by atoms with Crippen molar-refractivity contribution in [1.29, 1.82) is 0 Å². The van der Waals surface area contributed by atoms with Crippen LogP contribution in [0.4, 0.5) is 15.3 Å². The number of nitrogens with zero attached hydrogens (tertiary/aromatic N) is 3. The maximum Gasteiger partial charge on any atom is 0.304 e. The molecule has 1 saturated heterocycles. The fraction of sp³-hybridized carbons (Fsp3) is 0.348. The van der Waals surface area contributed by atoms with Gasteiger partial charge in [0.15, 0.2) is 5.13 Å². The summed E-state index contributed by atoms with van der Waals surface area (Å²) in [5.41, 5.74) is 2.05. The molecule has 1 aromatic carbocycles. The van der Waals surface area contributed by atoms with E-state index in [-0.39, 0.29) is 18.2 Å². The number of hydrogen-bond acceptors (Lipinski definition) is 7. The zero-order valence-corrected chi connectivity index (χ0v) is 18.4. The number of carboxylic acids is 1. The summed E-state index contributed by atoms with van der Waals surface area (Å²) in [6, 6.07) is 10.3. The number of nitrogens with one attached hydrogen (secondary N) is 1. The molecule has 2 aromatic heterocycles. The van der Waals surface area contributed by atoms with Gasteiger partial charge in [-0.25, -0.2) is 14.4 Å². The molecule has 32 heavy (non-hydrogen) atoms. The quantitative estimate of drug-likeness (QED) is 0.529. The van der Waals surface area contributed by atoms with Crippen molar-refractivity contribution in [2.75, 3.05) is 38.2 Å². The summed E-state index contributed by atoms with van der Waals surface area (Å²) < 4.78 is 18.9. The minimum Gasteiger partial charge on any atom is -0.481 e. The van der Waals surface area contributed by atoms with Gasteiger partial charge in [-0.1, -0.05) is 23.5 Å². The zero-order valence-electron chi connectivity index (χ0n) is 17.5. The molecule has 0 aliphatic carbocycles. The number of anilines is 2. The highest BCUT2D eigenvalue weighted by Gasteiger charge is 2.20. The molecule has 168 valence electrons. The van der Waals surface area contributed by atoms with Crippen LogP contribution in [-0.4, -0.2) is 58.8 Å². The highest BCUT2D eigenvalue weighted by molar-refractivity contribution is 7.18. The van der Waals surface area contributed by atoms with E-state index in [2.05, 4.69) is 20.2 Å². The standard InChI is InChI=1S/C23H25FN4O3S/c24-19-3-1-18(2-4-19)20-13-26-23(32-20)27-21-12-16(5-7-25-21)11-17-14-28(8-6-22(29)30)9-10-31-15-17/h1-5,7,12-13,17H,6,8-11,14-15H2,(H,29,30)(H,25,26,27). The molecule has 7 nitrogen and oxygen atoms in total. The number of carboxylic acid groups (broad SMARTS) is 1. The third-order valence-corrected chi connectivity index (χ3v) is 6.24. The van der Waals surface area contributed by atoms with Crippen LogP contribution in [0.1, 0.15) is 12.0 Å². The van der Waals surface area contributed by atoms with Gasteiger partial charge in [0.05, 0.1) is 24.5 Å². The van der Waals surface area contributed by atoms with Crippen LogP contribution in [0.15, 0.2) is 48.8 Å². The third-order valence-electron chi connectivity index (χ3n) is 5.28. The van der Waals surface area contributed by atoms with Gasteiger partial charge in [0.25, 0.3) is 0 Å². The van der Waals surface area contributed by atoms with E-state index >= 15 is 0 Å². The Bertz CT molecular complexity index is 1040. The molecule has 9 heteroatoms. The molecular formula is C23H25FN4O3S. The molecule has 0 spiro atoms. The van der Waals surface area contributed by atoms with Crippen LogP contribution in [-0.2, 0) is 16.0 Å². The molecule has 3 heterocycles. The zero-order chi connectivity index (χ0) is 22.3. The number of thiazole rings is 1. The fourth-order valence-electron chi connectivity index (χ4n) is 3.73. The molecule has 0 radical (unpaired) electrons. The van der Waals surface area contributed by atoms with Crippen molar-refractivity contribution in [3.05, 3.63) is 60.2 Å². The van der Waals surface area contributed by atoms with Crippen LogP contribution in [0.25, 0.3) is 10.4 Å². The number of hydrogen-bond donors (Lipinski definition) is 2. The van der Waals surface area contributed by atoms with Crippen molar-refractivity contribution in [3.8, 4) is 10.4 Å². The topological polar surface area (TPSA) is 87.6 Å². The first kappa shape index (κ1) is 22.3. The summed E-state index contributed by atoms with van der Waals surface area (Å²) in [5.74, 6) is -0.0469. The lowest BCUT2D eigenvalue weighted by atomic mass is 10.00. The van der Waals surface area contributed by atoms with Crippen LogP contribution >= 0.6 is 11.3 Å². The number of aromatic nitrogens is 2. The van der Waals surface area contributed by atoms with E-state index in [0.717, 1.165) is 35.5 Å². The Labute approximate surface area is 189 Å². The molecule has 1 atom stereocenters. The largest absolute Gasteiger partial charge is 0.481 e. The Hall–Kier alpha value is -2.88. The van der Waals surface area contributed by atoms with Crippen LogP contribution in [0.3, 0.4) is 0 Å². The van der Waals surface area contributed by atoms with Gasteiger partial charge in [-0.05, 0) is 47.7 Å². The number of benzene rings is 1. The molecule has 3 aromatic rings. The highest BCUT2D eigenvalue weighted by Crippen LogP contribution is 2.30. The van der Waals surface area contributed by atoms with Crippen molar-refractivity contribution in [2.24, 2.45) is 5.92 Å². The Morgan fingerprint density at radius 2 is 2.12 bits per heavy atom. The lowest BCUT2D eigenvalue weighted by Crippen LogP contribution is -2.32. The van der Waals surface area contributed by atoms with Crippen LogP contribution in [0, 0.1) is 11.7 Å². The Balaban J connectivity index is 1.38. The first-order valence-electron chi connectivity index (χ1n) is 10.5. The fourth-order valence-corrected chi connectivity index (χ4v) is 4.55. The summed E-state index contributed by atoms with van der Waals surface area (Å²) in [5, 5.41) is 12.9. The van der Waals surface area contributed by atoms with E-state index < -0.39 is 5.97 Å². The molecule has 2 N–H and O–H groups in total. The number of rotatable bonds is 8. The van der Waals surface area contributed by atoms with Gasteiger partial charge in [0, 0.05) is 32.0 Å². The summed E-state index contributed by atoms with van der Waals surface area (Å²) in [7, 11) is 0. The van der Waals surface area contributed by atoms with Crippen molar-refractivity contribution in [3.63, 3.8) is 0 Å². The molecular weight excluding hydrogens is 431 g/mol. The van der Waals surface area contributed by atoms with Gasteiger partial charge >= 0.3 is 5.97 Å². The lowest BCUT2D eigenvalue weighted by Gasteiger charge is -2.22. The van der Waals surface area contributed by atoms with E-state index in [9.17, 15) is 9.18 Å². The van der Waals surface area contributed by atoms with E-state index in [1.165, 1.54) is 23.5 Å². The average molecular weight is 457 g/mol. The average Bonchev–Trinajstić information content (AvgIpc) is 3.11. The van der Waals surface area contributed by atoms with Crippen molar-refractivity contribution in [1.82, 2.24) is 14.9 Å². The van der Waals surface area contributed by atoms with Gasteiger partial charge in [-0.15, -0.1) is 0 Å². The molecule has 1 aliphatic rings. The highest BCUT2D eigenvalue weighted by atomic mass is 32.1. The number of halogens is 1. The third kappa shape index (κ3) is 6.32. The number of ether oxygens (including phenoxy) is 1. The molecule has 0 saturated carbocycles. The Kier molecular flexibility index (Phi) is 7.41. The molecule has 1 unspecified atom stereocenters. The number of carbonyl (C=O) groups is 1. The molecule has 1 aliphatic heterocycles. The smallest absolute Gasteiger partial charge is 0.304 e. The van der Waals surface area contributed by atoms with Crippen LogP contribution < -0.4 is 5.32 Å². The van der Waals surface area contributed by atoms with Crippen LogP contribution in [0.5, 0.6) is 0 Å². The van der Waals surface area contributed by atoms with Crippen LogP contribution in [0.2, 0.25) is 0 Å². The normalized spacial score (nSPS) is 17.1. The SMILES string of the molecule is O=C(O)CCN1CCOCC(Cc2ccnc(Nc3ncc(-c4ccc(F)cc4)s3)c2)C1. The van der Waals surface area contributed by atoms with Crippen molar-refractivity contribution < 1.29 is 19.0 Å². The summed E-state index contributed by atoms with van der Waals surface area (Å²) >= 11 is 1.48. The minimum absolute atomic E-state index is 0.143. The number of pyridine rings is 1. The Morgan fingerprint density at radius 3 is 2.94 bits per heavy atom. The number of aliphatic carboxylic acids is 1. The second-order valence-corrected chi connectivity index (χ2v) is 8.83. The van der Waals surface area contributed by atoms with Gasteiger partial charge in [-0.3, -0.25) is 4.79 Å². The van der Waals surface area contributed by atoms with Gasteiger partial charge in [0.2, 0.25) is 0 Å². The first-order chi connectivity index (χ1) is 15.5. The van der Waals surface area contributed by atoms with E-state index in [1.807, 2.05) is 12.1 Å². The predicted molar refractivity (Wildman–Crippen MR) is 122 cm³/mol. The predicted octanol–water partition coefficient (Wildman–Crippen LogP) is 4.05. The van der Waals surface area contributed by atoms with Gasteiger partial charge < -0.3 is 20.1 Å². The maximum absolute atomic E-state index is 13.1. The monoisotopic (exact) mass is 456 g/mol. The molecule has 1 fully saturated rings. The minimum atomic E-state index is -0.777. The molecule has 0 bridgehead atoms.